The number of nitrogens with one attached hydrogen (secondary N) is 1. The van der Waals surface area contributed by atoms with Crippen molar-refractivity contribution in [3.8, 4) is 16.9 Å². The first kappa shape index (κ1) is 14.3. The Morgan fingerprint density at radius 1 is 1.36 bits per heavy atom. The molecule has 0 radical (unpaired) electrons. The number of aromatic amines is 1. The quantitative estimate of drug-likeness (QED) is 0.761. The van der Waals surface area contributed by atoms with Gasteiger partial charge in [-0.15, -0.1) is 0 Å². The molecule has 0 aliphatic rings. The molecule has 1 aromatic carbocycles. The van der Waals surface area contributed by atoms with E-state index < -0.39 is 0 Å². The maximum atomic E-state index is 12.2. The van der Waals surface area contributed by atoms with E-state index >= 15 is 0 Å². The fraction of sp³-hybridized carbons (Fsp3) is 0.267. The molecule has 0 saturated heterocycles. The molecule has 0 amide bonds. The fourth-order valence-corrected chi connectivity index (χ4v) is 2.54. The van der Waals surface area contributed by atoms with Crippen molar-refractivity contribution in [1.82, 2.24) is 15.1 Å². The molecule has 2 heterocycles. The Hall–Kier alpha value is -2.67. The van der Waals surface area contributed by atoms with Crippen LogP contribution in [0.3, 0.4) is 0 Å². The van der Waals surface area contributed by atoms with E-state index in [1.807, 2.05) is 13.8 Å². The topological polar surface area (TPSA) is 107 Å². The van der Waals surface area contributed by atoms with Gasteiger partial charge in [0.1, 0.15) is 17.3 Å². The highest BCUT2D eigenvalue weighted by molar-refractivity contribution is 5.88. The standard InChI is InChI=1S/C15H16N4O3/c1-7-14(8(2)22-19-7)10-4-9-11(5-12(10)21-3)17-13(6-16)18-15(9)20/h4-5H,6,16H2,1-3H3,(H,17,18,20). The molecule has 0 bridgehead atoms. The molecular weight excluding hydrogens is 284 g/mol. The van der Waals surface area contributed by atoms with Gasteiger partial charge in [0.25, 0.3) is 5.56 Å². The summed E-state index contributed by atoms with van der Waals surface area (Å²) in [6.07, 6.45) is 0. The van der Waals surface area contributed by atoms with E-state index in [-0.39, 0.29) is 12.1 Å². The summed E-state index contributed by atoms with van der Waals surface area (Å²) >= 11 is 0. The van der Waals surface area contributed by atoms with Gasteiger partial charge in [0, 0.05) is 11.6 Å². The molecule has 3 aromatic rings. The Balaban J connectivity index is 2.36. The molecule has 7 heteroatoms. The molecule has 0 atom stereocenters. The first-order chi connectivity index (χ1) is 10.5. The van der Waals surface area contributed by atoms with Crippen LogP contribution in [0, 0.1) is 13.8 Å². The molecular formula is C15H16N4O3. The van der Waals surface area contributed by atoms with Gasteiger partial charge in [-0.05, 0) is 19.9 Å². The van der Waals surface area contributed by atoms with Gasteiger partial charge in [-0.2, -0.15) is 0 Å². The summed E-state index contributed by atoms with van der Waals surface area (Å²) in [6, 6.07) is 3.47. The third-order valence-electron chi connectivity index (χ3n) is 3.57. The third kappa shape index (κ3) is 2.15. The molecule has 0 unspecified atom stereocenters. The van der Waals surface area contributed by atoms with Gasteiger partial charge in [-0.1, -0.05) is 5.16 Å². The van der Waals surface area contributed by atoms with Crippen LogP contribution in [-0.2, 0) is 6.54 Å². The number of fused-ring (bicyclic) bond motifs is 1. The number of hydrogen-bond acceptors (Lipinski definition) is 6. The number of hydrogen-bond donors (Lipinski definition) is 2. The average molecular weight is 300 g/mol. The van der Waals surface area contributed by atoms with E-state index in [1.165, 1.54) is 0 Å². The van der Waals surface area contributed by atoms with E-state index in [1.54, 1.807) is 19.2 Å². The van der Waals surface area contributed by atoms with Crippen LogP contribution < -0.4 is 16.0 Å². The van der Waals surface area contributed by atoms with Crippen molar-refractivity contribution < 1.29 is 9.26 Å². The summed E-state index contributed by atoms with van der Waals surface area (Å²) < 4.78 is 10.7. The van der Waals surface area contributed by atoms with Crippen LogP contribution in [0.15, 0.2) is 21.5 Å². The second kappa shape index (κ2) is 5.27. The summed E-state index contributed by atoms with van der Waals surface area (Å²) in [5.41, 5.74) is 8.15. The lowest BCUT2D eigenvalue weighted by molar-refractivity contribution is 0.393. The van der Waals surface area contributed by atoms with Gasteiger partial charge >= 0.3 is 0 Å². The van der Waals surface area contributed by atoms with Crippen LogP contribution in [0.1, 0.15) is 17.3 Å². The van der Waals surface area contributed by atoms with Gasteiger partial charge in [0.15, 0.2) is 0 Å². The van der Waals surface area contributed by atoms with E-state index in [0.29, 0.717) is 28.2 Å². The second-order valence-corrected chi connectivity index (χ2v) is 4.99. The Bertz CT molecular complexity index is 892. The first-order valence-corrected chi connectivity index (χ1v) is 6.79. The molecule has 3 N–H and O–H groups in total. The monoisotopic (exact) mass is 300 g/mol. The lowest BCUT2D eigenvalue weighted by Crippen LogP contribution is -2.14. The van der Waals surface area contributed by atoms with Crippen molar-refractivity contribution in [2.24, 2.45) is 5.73 Å². The summed E-state index contributed by atoms with van der Waals surface area (Å²) in [4.78, 5) is 19.2. The number of benzene rings is 1. The predicted octanol–water partition coefficient (Wildman–Crippen LogP) is 1.66. The number of aryl methyl sites for hydroxylation is 2. The van der Waals surface area contributed by atoms with Crippen LogP contribution in [-0.4, -0.2) is 22.2 Å². The van der Waals surface area contributed by atoms with Gasteiger partial charge in [0.05, 0.1) is 35.8 Å². The maximum absolute atomic E-state index is 12.2. The van der Waals surface area contributed by atoms with E-state index in [2.05, 4.69) is 15.1 Å². The Kier molecular flexibility index (Phi) is 3.42. The number of nitrogens with zero attached hydrogens (tertiary/aromatic N) is 2. The number of ether oxygens (including phenoxy) is 1. The van der Waals surface area contributed by atoms with E-state index in [4.69, 9.17) is 15.0 Å². The molecule has 0 fully saturated rings. The largest absolute Gasteiger partial charge is 0.496 e. The second-order valence-electron chi connectivity index (χ2n) is 4.99. The summed E-state index contributed by atoms with van der Waals surface area (Å²) in [6.45, 7) is 3.83. The molecule has 0 aliphatic heterocycles. The molecule has 0 aliphatic carbocycles. The average Bonchev–Trinajstić information content (AvgIpc) is 2.85. The number of rotatable bonds is 3. The van der Waals surface area contributed by atoms with Crippen LogP contribution in [0.25, 0.3) is 22.0 Å². The molecule has 114 valence electrons. The summed E-state index contributed by atoms with van der Waals surface area (Å²) in [5.74, 6) is 1.70. The summed E-state index contributed by atoms with van der Waals surface area (Å²) in [7, 11) is 1.57. The van der Waals surface area contributed by atoms with Gasteiger partial charge in [-0.3, -0.25) is 4.79 Å². The predicted molar refractivity (Wildman–Crippen MR) is 81.8 cm³/mol. The van der Waals surface area contributed by atoms with Crippen molar-refractivity contribution in [2.45, 2.75) is 20.4 Å². The van der Waals surface area contributed by atoms with Gasteiger partial charge in [-0.25, -0.2) is 4.98 Å². The minimum atomic E-state index is -0.235. The van der Waals surface area contributed by atoms with Crippen molar-refractivity contribution in [2.75, 3.05) is 7.11 Å². The third-order valence-corrected chi connectivity index (χ3v) is 3.57. The highest BCUT2D eigenvalue weighted by Crippen LogP contribution is 2.36. The molecule has 3 rings (SSSR count). The smallest absolute Gasteiger partial charge is 0.258 e. The van der Waals surface area contributed by atoms with Gasteiger partial charge in [0.2, 0.25) is 0 Å². The molecule has 7 nitrogen and oxygen atoms in total. The van der Waals surface area contributed by atoms with Crippen molar-refractivity contribution in [3.63, 3.8) is 0 Å². The zero-order valence-electron chi connectivity index (χ0n) is 12.6. The zero-order valence-corrected chi connectivity index (χ0v) is 12.6. The van der Waals surface area contributed by atoms with E-state index in [9.17, 15) is 4.79 Å². The highest BCUT2D eigenvalue weighted by Gasteiger charge is 2.18. The molecule has 2 aromatic heterocycles. The highest BCUT2D eigenvalue weighted by atomic mass is 16.5. The van der Waals surface area contributed by atoms with E-state index in [0.717, 1.165) is 16.8 Å². The lowest BCUT2D eigenvalue weighted by Gasteiger charge is -2.10. The van der Waals surface area contributed by atoms with Crippen molar-refractivity contribution >= 4 is 10.9 Å². The van der Waals surface area contributed by atoms with Crippen LogP contribution in [0.5, 0.6) is 5.75 Å². The number of aromatic nitrogens is 3. The Morgan fingerprint density at radius 3 is 2.73 bits per heavy atom. The maximum Gasteiger partial charge on any atom is 0.258 e. The van der Waals surface area contributed by atoms with Crippen LogP contribution >= 0.6 is 0 Å². The molecule has 0 spiro atoms. The number of methoxy groups -OCH3 is 1. The van der Waals surface area contributed by atoms with Crippen LogP contribution in [0.4, 0.5) is 0 Å². The fourth-order valence-electron chi connectivity index (χ4n) is 2.54. The number of nitrogens with two attached hydrogens (primary N) is 1. The Morgan fingerprint density at radius 2 is 2.14 bits per heavy atom. The lowest BCUT2D eigenvalue weighted by atomic mass is 10.0. The molecule has 0 saturated carbocycles. The van der Waals surface area contributed by atoms with Gasteiger partial charge < -0.3 is 20.0 Å². The minimum Gasteiger partial charge on any atom is -0.496 e. The van der Waals surface area contributed by atoms with Crippen LogP contribution in [0.2, 0.25) is 0 Å². The Labute approximate surface area is 126 Å². The van der Waals surface area contributed by atoms with Crippen molar-refractivity contribution in [3.05, 3.63) is 39.8 Å². The summed E-state index contributed by atoms with van der Waals surface area (Å²) in [5, 5.41) is 4.41. The van der Waals surface area contributed by atoms with Crippen molar-refractivity contribution in [1.29, 1.82) is 0 Å². The zero-order chi connectivity index (χ0) is 15.9. The molecule has 22 heavy (non-hydrogen) atoms. The SMILES string of the molecule is COc1cc2nc(CN)[nH]c(=O)c2cc1-c1c(C)noc1C. The minimum absolute atomic E-state index is 0.166. The first-order valence-electron chi connectivity index (χ1n) is 6.79. The number of H-pyrrole nitrogens is 1. The normalized spacial score (nSPS) is 11.1.